The molecule has 1 rings (SSSR count). The van der Waals surface area contributed by atoms with Crippen LogP contribution in [0.1, 0.15) is 10.4 Å². The zero-order valence-corrected chi connectivity index (χ0v) is 6.41. The second-order valence-electron chi connectivity index (χ2n) is 1.82. The maximum Gasteiger partial charge on any atom is 0.169 e. The molecule has 0 bridgehead atoms. The molecular weight excluding hydrogens is 162 g/mol. The van der Waals surface area contributed by atoms with Crippen LogP contribution < -0.4 is 0 Å². The number of carbonyl (C=O) groups is 1. The van der Waals surface area contributed by atoms with Gasteiger partial charge in [-0.2, -0.15) is 11.3 Å². The van der Waals surface area contributed by atoms with Crippen LogP contribution in [0.15, 0.2) is 21.9 Å². The molecule has 0 fully saturated rings. The molecule has 0 aliphatic rings. The molecule has 0 atom stereocenters. The van der Waals surface area contributed by atoms with Crippen molar-refractivity contribution in [3.05, 3.63) is 32.8 Å². The second-order valence-corrected chi connectivity index (χ2v) is 2.60. The normalized spacial score (nSPS) is 8.73. The Balaban J connectivity index is 2.63. The molecule has 56 valence electrons. The summed E-state index contributed by atoms with van der Waals surface area (Å²) in [4.78, 5) is 13.5. The van der Waals surface area contributed by atoms with E-state index in [1.807, 2.05) is 5.38 Å². The Bertz CT molecular complexity index is 287. The van der Waals surface area contributed by atoms with Gasteiger partial charge in [0.1, 0.15) is 0 Å². The minimum absolute atomic E-state index is 0.0900. The molecule has 0 radical (unpaired) electrons. The van der Waals surface area contributed by atoms with Crippen molar-refractivity contribution >= 4 is 17.1 Å². The zero-order chi connectivity index (χ0) is 8.10. The number of ketones is 1. The van der Waals surface area contributed by atoms with Gasteiger partial charge in [0.2, 0.25) is 0 Å². The second kappa shape index (κ2) is 3.75. The summed E-state index contributed by atoms with van der Waals surface area (Å²) in [6.07, 6.45) is 0. The van der Waals surface area contributed by atoms with Crippen LogP contribution >= 0.6 is 11.3 Å². The summed E-state index contributed by atoms with van der Waals surface area (Å²) >= 11 is 1.45. The van der Waals surface area contributed by atoms with Crippen LogP contribution in [-0.4, -0.2) is 12.3 Å². The molecule has 0 saturated heterocycles. The van der Waals surface area contributed by atoms with E-state index in [-0.39, 0.29) is 12.3 Å². The zero-order valence-electron chi connectivity index (χ0n) is 5.60. The van der Waals surface area contributed by atoms with Crippen molar-refractivity contribution in [3.63, 3.8) is 0 Å². The van der Waals surface area contributed by atoms with Gasteiger partial charge in [-0.1, -0.05) is 5.11 Å². The van der Waals surface area contributed by atoms with E-state index in [9.17, 15) is 4.79 Å². The monoisotopic (exact) mass is 167 g/mol. The van der Waals surface area contributed by atoms with Crippen LogP contribution in [0, 0.1) is 0 Å². The molecule has 1 aromatic heterocycles. The molecule has 11 heavy (non-hydrogen) atoms. The largest absolute Gasteiger partial charge is 0.294 e. The first-order valence-corrected chi connectivity index (χ1v) is 3.85. The summed E-state index contributed by atoms with van der Waals surface area (Å²) in [7, 11) is 0. The molecule has 1 aromatic rings. The molecule has 0 aromatic carbocycles. The molecule has 0 amide bonds. The third kappa shape index (κ3) is 2.07. The number of hydrogen-bond acceptors (Lipinski definition) is 3. The average Bonchev–Trinajstić information content (AvgIpc) is 2.52. The molecule has 0 aliphatic carbocycles. The van der Waals surface area contributed by atoms with Crippen molar-refractivity contribution < 1.29 is 4.79 Å². The van der Waals surface area contributed by atoms with Crippen LogP contribution in [0.2, 0.25) is 0 Å². The van der Waals surface area contributed by atoms with Gasteiger partial charge in [-0.3, -0.25) is 4.79 Å². The molecule has 0 N–H and O–H groups in total. The van der Waals surface area contributed by atoms with Crippen molar-refractivity contribution in [1.29, 1.82) is 0 Å². The summed E-state index contributed by atoms with van der Waals surface area (Å²) < 4.78 is 0. The standard InChI is InChI=1S/C6H5N3OS/c7-9-8-3-6(10)5-1-2-11-4-5/h1-2,4H,3H2. The Morgan fingerprint density at radius 2 is 2.64 bits per heavy atom. The van der Waals surface area contributed by atoms with E-state index < -0.39 is 0 Å². The fraction of sp³-hybridized carbons (Fsp3) is 0.167. The number of carbonyl (C=O) groups excluding carboxylic acids is 1. The SMILES string of the molecule is [N-]=[N+]=NCC(=O)c1ccsc1. The van der Waals surface area contributed by atoms with Crippen LogP contribution in [0.3, 0.4) is 0 Å². The van der Waals surface area contributed by atoms with Gasteiger partial charge in [0.25, 0.3) is 0 Å². The number of rotatable bonds is 3. The van der Waals surface area contributed by atoms with E-state index in [1.165, 1.54) is 11.3 Å². The molecule has 4 nitrogen and oxygen atoms in total. The number of nitrogens with zero attached hydrogens (tertiary/aromatic N) is 3. The lowest BCUT2D eigenvalue weighted by Crippen LogP contribution is -1.99. The van der Waals surface area contributed by atoms with Gasteiger partial charge in [-0.05, 0) is 17.0 Å². The van der Waals surface area contributed by atoms with Crippen molar-refractivity contribution in [2.75, 3.05) is 6.54 Å². The summed E-state index contributed by atoms with van der Waals surface area (Å²) in [5.41, 5.74) is 8.53. The van der Waals surface area contributed by atoms with Gasteiger partial charge in [0.05, 0.1) is 6.54 Å². The number of hydrogen-bond donors (Lipinski definition) is 0. The number of Topliss-reactive ketones (excluding diaryl/α,β-unsaturated/α-hetero) is 1. The van der Waals surface area contributed by atoms with Crippen LogP contribution in [0.4, 0.5) is 0 Å². The van der Waals surface area contributed by atoms with Gasteiger partial charge < -0.3 is 0 Å². The molecular formula is C6H5N3OS. The smallest absolute Gasteiger partial charge is 0.169 e. The Morgan fingerprint density at radius 3 is 3.18 bits per heavy atom. The van der Waals surface area contributed by atoms with Gasteiger partial charge in [0.15, 0.2) is 5.78 Å². The first kappa shape index (κ1) is 7.78. The van der Waals surface area contributed by atoms with E-state index in [0.717, 1.165) is 0 Å². The summed E-state index contributed by atoms with van der Waals surface area (Å²) in [6, 6.07) is 1.71. The Labute approximate surface area is 67.1 Å². The summed E-state index contributed by atoms with van der Waals surface area (Å²) in [6.45, 7) is -0.0900. The fourth-order valence-electron chi connectivity index (χ4n) is 0.610. The third-order valence-corrected chi connectivity index (χ3v) is 1.80. The number of thiophene rings is 1. The lowest BCUT2D eigenvalue weighted by molar-refractivity contribution is 0.100. The molecule has 0 aliphatic heterocycles. The highest BCUT2D eigenvalue weighted by Crippen LogP contribution is 2.06. The maximum atomic E-state index is 11.0. The number of azide groups is 1. The maximum absolute atomic E-state index is 11.0. The Kier molecular flexibility index (Phi) is 2.66. The van der Waals surface area contributed by atoms with Gasteiger partial charge in [0, 0.05) is 15.9 Å². The fourth-order valence-corrected chi connectivity index (χ4v) is 1.27. The van der Waals surface area contributed by atoms with Crippen molar-refractivity contribution in [1.82, 2.24) is 0 Å². The summed E-state index contributed by atoms with van der Waals surface area (Å²) in [5.74, 6) is -0.135. The summed E-state index contributed by atoms with van der Waals surface area (Å²) in [5, 5.41) is 6.70. The van der Waals surface area contributed by atoms with Gasteiger partial charge in [-0.15, -0.1) is 0 Å². The quantitative estimate of drug-likeness (QED) is 0.294. The van der Waals surface area contributed by atoms with Crippen molar-refractivity contribution in [2.45, 2.75) is 0 Å². The van der Waals surface area contributed by atoms with Crippen LogP contribution in [-0.2, 0) is 0 Å². The van der Waals surface area contributed by atoms with Crippen LogP contribution in [0.5, 0.6) is 0 Å². The molecule has 0 spiro atoms. The third-order valence-electron chi connectivity index (χ3n) is 1.12. The minimum Gasteiger partial charge on any atom is -0.294 e. The van der Waals surface area contributed by atoms with E-state index >= 15 is 0 Å². The lowest BCUT2D eigenvalue weighted by Gasteiger charge is -1.87. The van der Waals surface area contributed by atoms with E-state index in [2.05, 4.69) is 10.0 Å². The average molecular weight is 167 g/mol. The first-order chi connectivity index (χ1) is 5.34. The van der Waals surface area contributed by atoms with Crippen molar-refractivity contribution in [3.8, 4) is 0 Å². The molecule has 1 heterocycles. The predicted octanol–water partition coefficient (Wildman–Crippen LogP) is 2.24. The topological polar surface area (TPSA) is 65.8 Å². The van der Waals surface area contributed by atoms with E-state index in [0.29, 0.717) is 5.56 Å². The van der Waals surface area contributed by atoms with Crippen molar-refractivity contribution in [2.24, 2.45) is 5.11 Å². The molecule has 0 unspecified atom stereocenters. The van der Waals surface area contributed by atoms with Gasteiger partial charge in [-0.25, -0.2) is 0 Å². The van der Waals surface area contributed by atoms with Gasteiger partial charge >= 0.3 is 0 Å². The van der Waals surface area contributed by atoms with E-state index in [4.69, 9.17) is 5.53 Å². The highest BCUT2D eigenvalue weighted by molar-refractivity contribution is 7.08. The first-order valence-electron chi connectivity index (χ1n) is 2.91. The minimum atomic E-state index is -0.135. The lowest BCUT2D eigenvalue weighted by atomic mass is 10.2. The molecule has 0 saturated carbocycles. The Morgan fingerprint density at radius 1 is 1.82 bits per heavy atom. The Hall–Kier alpha value is -1.32. The highest BCUT2D eigenvalue weighted by Gasteiger charge is 2.02. The highest BCUT2D eigenvalue weighted by atomic mass is 32.1. The van der Waals surface area contributed by atoms with Crippen LogP contribution in [0.25, 0.3) is 10.4 Å². The predicted molar refractivity (Wildman–Crippen MR) is 42.7 cm³/mol. The van der Waals surface area contributed by atoms with E-state index in [1.54, 1.807) is 11.4 Å². The molecule has 5 heteroatoms.